The number of benzene rings is 1. The van der Waals surface area contributed by atoms with Gasteiger partial charge in [-0.25, -0.2) is 9.67 Å². The minimum atomic E-state index is -0.323. The topological polar surface area (TPSA) is 111 Å². The fourth-order valence-electron chi connectivity index (χ4n) is 2.56. The molecular weight excluding hydrogens is 338 g/mol. The molecule has 0 atom stereocenters. The first-order chi connectivity index (χ1) is 12.6. The molecule has 0 aliphatic rings. The van der Waals surface area contributed by atoms with Crippen molar-refractivity contribution in [1.82, 2.24) is 19.7 Å². The average molecular weight is 357 g/mol. The number of rotatable bonds is 7. The van der Waals surface area contributed by atoms with E-state index in [1.807, 2.05) is 6.07 Å². The van der Waals surface area contributed by atoms with Crippen LogP contribution in [-0.4, -0.2) is 47.1 Å². The third-order valence-corrected chi connectivity index (χ3v) is 3.73. The Balaban J connectivity index is 1.97. The van der Waals surface area contributed by atoms with E-state index in [2.05, 4.69) is 20.4 Å². The molecule has 0 spiro atoms. The first-order valence-corrected chi connectivity index (χ1v) is 7.99. The maximum Gasteiger partial charge on any atom is 0.275 e. The van der Waals surface area contributed by atoms with Gasteiger partial charge in [0.05, 0.1) is 36.7 Å². The highest BCUT2D eigenvalue weighted by molar-refractivity contribution is 5.85. The van der Waals surface area contributed by atoms with Gasteiger partial charge in [-0.1, -0.05) is 12.1 Å². The summed E-state index contributed by atoms with van der Waals surface area (Å²) in [5.74, 6) is 0.647. The standard InChI is InChI=1S/C17H19N5O4/c1-25-8-7-18-17-19-11(9-14(23)20-17)10-22-16(24)13-6-4-3-5-12(13)15(21-22)26-2/h3-6,9H,7-8,10H2,1-2H3,(H2,18,19,20,23). The van der Waals surface area contributed by atoms with Crippen molar-refractivity contribution in [2.45, 2.75) is 6.54 Å². The summed E-state index contributed by atoms with van der Waals surface area (Å²) in [5.41, 5.74) is -0.200. The number of ether oxygens (including phenoxy) is 2. The minimum absolute atomic E-state index is 0.0445. The average Bonchev–Trinajstić information content (AvgIpc) is 2.64. The Morgan fingerprint density at radius 2 is 1.96 bits per heavy atom. The Labute approximate surface area is 148 Å². The van der Waals surface area contributed by atoms with Crippen molar-refractivity contribution in [2.24, 2.45) is 0 Å². The summed E-state index contributed by atoms with van der Waals surface area (Å²) in [5, 5.41) is 8.32. The van der Waals surface area contributed by atoms with Crippen molar-refractivity contribution in [3.05, 3.63) is 56.7 Å². The van der Waals surface area contributed by atoms with Crippen molar-refractivity contribution in [1.29, 1.82) is 0 Å². The monoisotopic (exact) mass is 357 g/mol. The van der Waals surface area contributed by atoms with Crippen LogP contribution >= 0.6 is 0 Å². The third-order valence-electron chi connectivity index (χ3n) is 3.73. The van der Waals surface area contributed by atoms with Gasteiger partial charge in [-0.05, 0) is 12.1 Å². The van der Waals surface area contributed by atoms with Gasteiger partial charge >= 0.3 is 0 Å². The lowest BCUT2D eigenvalue weighted by Crippen LogP contribution is -2.26. The Morgan fingerprint density at radius 3 is 2.69 bits per heavy atom. The second-order valence-electron chi connectivity index (χ2n) is 5.52. The van der Waals surface area contributed by atoms with Crippen molar-refractivity contribution in [3.8, 4) is 5.88 Å². The summed E-state index contributed by atoms with van der Waals surface area (Å²) < 4.78 is 11.5. The van der Waals surface area contributed by atoms with Crippen LogP contribution in [0.25, 0.3) is 10.8 Å². The first-order valence-electron chi connectivity index (χ1n) is 7.99. The normalized spacial score (nSPS) is 10.8. The minimum Gasteiger partial charge on any atom is -0.480 e. The number of nitrogens with zero attached hydrogens (tertiary/aromatic N) is 3. The van der Waals surface area contributed by atoms with Gasteiger partial charge in [0.1, 0.15) is 0 Å². The number of H-pyrrole nitrogens is 1. The fourth-order valence-corrected chi connectivity index (χ4v) is 2.56. The lowest BCUT2D eigenvalue weighted by Gasteiger charge is -2.10. The van der Waals surface area contributed by atoms with Gasteiger partial charge in [-0.15, -0.1) is 5.10 Å². The van der Waals surface area contributed by atoms with Gasteiger partial charge in [0.25, 0.3) is 11.1 Å². The number of anilines is 1. The maximum absolute atomic E-state index is 12.7. The fraction of sp³-hybridized carbons (Fsp3) is 0.294. The lowest BCUT2D eigenvalue weighted by molar-refractivity contribution is 0.210. The maximum atomic E-state index is 12.7. The van der Waals surface area contributed by atoms with Gasteiger partial charge in [0.2, 0.25) is 11.8 Å². The van der Waals surface area contributed by atoms with Gasteiger partial charge in [0, 0.05) is 19.7 Å². The molecule has 136 valence electrons. The van der Waals surface area contributed by atoms with Crippen LogP contribution in [0, 0.1) is 0 Å². The number of hydrogen-bond acceptors (Lipinski definition) is 7. The molecule has 2 N–H and O–H groups in total. The zero-order valence-electron chi connectivity index (χ0n) is 14.5. The highest BCUT2D eigenvalue weighted by atomic mass is 16.5. The molecule has 0 aliphatic carbocycles. The van der Waals surface area contributed by atoms with E-state index in [0.29, 0.717) is 41.4 Å². The van der Waals surface area contributed by atoms with Crippen molar-refractivity contribution >= 4 is 16.7 Å². The molecule has 3 rings (SSSR count). The number of fused-ring (bicyclic) bond motifs is 1. The molecule has 2 aromatic heterocycles. The van der Waals surface area contributed by atoms with E-state index in [4.69, 9.17) is 9.47 Å². The summed E-state index contributed by atoms with van der Waals surface area (Å²) in [6, 6.07) is 8.40. The van der Waals surface area contributed by atoms with Crippen LogP contribution < -0.4 is 21.2 Å². The molecule has 3 aromatic rings. The Bertz CT molecular complexity index is 1030. The molecule has 0 fully saturated rings. The molecule has 0 saturated heterocycles. The van der Waals surface area contributed by atoms with Crippen LogP contribution in [0.1, 0.15) is 5.69 Å². The van der Waals surface area contributed by atoms with Crippen LogP contribution in [0.15, 0.2) is 39.9 Å². The van der Waals surface area contributed by atoms with Gasteiger partial charge in [0.15, 0.2) is 0 Å². The summed E-state index contributed by atoms with van der Waals surface area (Å²) in [7, 11) is 3.08. The third kappa shape index (κ3) is 3.72. The molecule has 0 unspecified atom stereocenters. The summed E-state index contributed by atoms with van der Waals surface area (Å²) in [6.45, 7) is 1.00. The predicted molar refractivity (Wildman–Crippen MR) is 96.9 cm³/mol. The molecule has 0 saturated carbocycles. The highest BCUT2D eigenvalue weighted by Gasteiger charge is 2.12. The van der Waals surface area contributed by atoms with Crippen molar-refractivity contribution in [2.75, 3.05) is 32.7 Å². The number of aromatic nitrogens is 4. The summed E-state index contributed by atoms with van der Waals surface area (Å²) in [6.07, 6.45) is 0. The lowest BCUT2D eigenvalue weighted by atomic mass is 10.2. The molecule has 26 heavy (non-hydrogen) atoms. The SMILES string of the molecule is COCCNc1nc(Cn2nc(OC)c3ccccc3c2=O)cc(=O)[nH]1. The summed E-state index contributed by atoms with van der Waals surface area (Å²) in [4.78, 5) is 31.4. The van der Waals surface area contributed by atoms with E-state index >= 15 is 0 Å². The molecule has 0 aliphatic heterocycles. The zero-order chi connectivity index (χ0) is 18.5. The molecule has 0 amide bonds. The van der Waals surface area contributed by atoms with Gasteiger partial charge in [-0.3, -0.25) is 14.6 Å². The van der Waals surface area contributed by atoms with Crippen LogP contribution in [0.4, 0.5) is 5.95 Å². The van der Waals surface area contributed by atoms with Crippen LogP contribution in [-0.2, 0) is 11.3 Å². The van der Waals surface area contributed by atoms with E-state index in [1.165, 1.54) is 17.9 Å². The molecule has 0 bridgehead atoms. The van der Waals surface area contributed by atoms with Crippen LogP contribution in [0.5, 0.6) is 5.88 Å². The quantitative estimate of drug-likeness (QED) is 0.596. The molecule has 9 heteroatoms. The van der Waals surface area contributed by atoms with E-state index in [0.717, 1.165) is 0 Å². The van der Waals surface area contributed by atoms with E-state index in [1.54, 1.807) is 25.3 Å². The van der Waals surface area contributed by atoms with Crippen LogP contribution in [0.3, 0.4) is 0 Å². The van der Waals surface area contributed by atoms with Gasteiger partial charge in [-0.2, -0.15) is 0 Å². The molecular formula is C17H19N5O4. The van der Waals surface area contributed by atoms with Crippen LogP contribution in [0.2, 0.25) is 0 Å². The predicted octanol–water partition coefficient (Wildman–Crippen LogP) is 0.595. The number of methoxy groups -OCH3 is 2. The highest BCUT2D eigenvalue weighted by Crippen LogP contribution is 2.19. The van der Waals surface area contributed by atoms with E-state index < -0.39 is 0 Å². The second kappa shape index (κ2) is 7.79. The zero-order valence-corrected chi connectivity index (χ0v) is 14.5. The molecule has 1 aromatic carbocycles. The largest absolute Gasteiger partial charge is 0.480 e. The second-order valence-corrected chi connectivity index (χ2v) is 5.52. The smallest absolute Gasteiger partial charge is 0.275 e. The van der Waals surface area contributed by atoms with Crippen molar-refractivity contribution < 1.29 is 9.47 Å². The Hall–Kier alpha value is -3.20. The van der Waals surface area contributed by atoms with Crippen molar-refractivity contribution in [3.63, 3.8) is 0 Å². The molecule has 2 heterocycles. The molecule has 9 nitrogen and oxygen atoms in total. The van der Waals surface area contributed by atoms with E-state index in [-0.39, 0.29) is 17.7 Å². The number of hydrogen-bond donors (Lipinski definition) is 2. The van der Waals surface area contributed by atoms with E-state index in [9.17, 15) is 9.59 Å². The Morgan fingerprint density at radius 1 is 1.19 bits per heavy atom. The molecule has 0 radical (unpaired) electrons. The number of nitrogens with one attached hydrogen (secondary N) is 2. The Kier molecular flexibility index (Phi) is 5.28. The number of aromatic amines is 1. The first kappa shape index (κ1) is 17.6. The van der Waals surface area contributed by atoms with Gasteiger partial charge < -0.3 is 14.8 Å². The summed E-state index contributed by atoms with van der Waals surface area (Å²) >= 11 is 0.